The minimum Gasteiger partial charge on any atom is -0.337 e. The van der Waals surface area contributed by atoms with Crippen LogP contribution in [0.4, 0.5) is 16.2 Å². The van der Waals surface area contributed by atoms with E-state index in [1.54, 1.807) is 36.2 Å². The maximum Gasteiger partial charge on any atom is 0.323 e. The number of nitrogens with zero attached hydrogens (tertiary/aromatic N) is 1. The van der Waals surface area contributed by atoms with Gasteiger partial charge in [0.25, 0.3) is 5.91 Å². The maximum atomic E-state index is 12.7. The van der Waals surface area contributed by atoms with Crippen molar-refractivity contribution in [1.29, 1.82) is 0 Å². The second-order valence-corrected chi connectivity index (χ2v) is 6.61. The first-order valence-corrected chi connectivity index (χ1v) is 9.06. The van der Waals surface area contributed by atoms with E-state index >= 15 is 0 Å². The molecule has 3 amide bonds. The van der Waals surface area contributed by atoms with Gasteiger partial charge in [0.15, 0.2) is 0 Å². The molecule has 0 atom stereocenters. The highest BCUT2D eigenvalue weighted by atomic mass is 16.2. The molecule has 0 aliphatic heterocycles. The van der Waals surface area contributed by atoms with Crippen LogP contribution in [0.1, 0.15) is 21.5 Å². The van der Waals surface area contributed by atoms with E-state index in [0.29, 0.717) is 23.5 Å². The molecule has 3 aromatic rings. The summed E-state index contributed by atoms with van der Waals surface area (Å²) in [5.41, 5.74) is 4.18. The number of hydrogen-bond donors (Lipinski definition) is 2. The number of rotatable bonds is 5. The van der Waals surface area contributed by atoms with E-state index in [4.69, 9.17) is 0 Å². The van der Waals surface area contributed by atoms with Crippen LogP contribution in [0.5, 0.6) is 0 Å². The molecule has 3 aromatic carbocycles. The third kappa shape index (κ3) is 4.98. The van der Waals surface area contributed by atoms with Gasteiger partial charge in [-0.2, -0.15) is 0 Å². The van der Waals surface area contributed by atoms with E-state index in [-0.39, 0.29) is 11.9 Å². The smallest absolute Gasteiger partial charge is 0.323 e. The molecule has 0 spiro atoms. The van der Waals surface area contributed by atoms with Crippen molar-refractivity contribution in [2.45, 2.75) is 13.5 Å². The van der Waals surface area contributed by atoms with Gasteiger partial charge < -0.3 is 15.5 Å². The van der Waals surface area contributed by atoms with Crippen LogP contribution in [-0.2, 0) is 6.54 Å². The average molecular weight is 373 g/mol. The Balaban J connectivity index is 1.59. The molecule has 5 heteroatoms. The van der Waals surface area contributed by atoms with Crippen LogP contribution in [0.15, 0.2) is 78.9 Å². The molecule has 0 heterocycles. The molecule has 3 rings (SSSR count). The van der Waals surface area contributed by atoms with Crippen LogP contribution < -0.4 is 10.6 Å². The van der Waals surface area contributed by atoms with Gasteiger partial charge in [0.2, 0.25) is 0 Å². The summed E-state index contributed by atoms with van der Waals surface area (Å²) in [4.78, 5) is 26.4. The number of amides is 3. The van der Waals surface area contributed by atoms with E-state index in [1.807, 2.05) is 61.5 Å². The number of anilines is 2. The first-order chi connectivity index (χ1) is 13.5. The van der Waals surface area contributed by atoms with Crippen molar-refractivity contribution in [2.24, 2.45) is 0 Å². The summed E-state index contributed by atoms with van der Waals surface area (Å²) in [6, 6.07) is 23.8. The van der Waals surface area contributed by atoms with E-state index in [2.05, 4.69) is 10.6 Å². The second kappa shape index (κ2) is 8.86. The Hall–Kier alpha value is -3.60. The lowest BCUT2D eigenvalue weighted by Gasteiger charge is -2.19. The Morgan fingerprint density at radius 2 is 1.36 bits per heavy atom. The summed E-state index contributed by atoms with van der Waals surface area (Å²) in [6.07, 6.45) is 0. The zero-order valence-electron chi connectivity index (χ0n) is 16.0. The van der Waals surface area contributed by atoms with Crippen LogP contribution in [0, 0.1) is 6.92 Å². The number of urea groups is 1. The Labute approximate surface area is 165 Å². The van der Waals surface area contributed by atoms with Gasteiger partial charge in [-0.3, -0.25) is 4.79 Å². The lowest BCUT2D eigenvalue weighted by Crippen LogP contribution is -2.26. The van der Waals surface area contributed by atoms with Crippen molar-refractivity contribution in [2.75, 3.05) is 17.7 Å². The highest BCUT2D eigenvalue weighted by Crippen LogP contribution is 2.15. The van der Waals surface area contributed by atoms with Gasteiger partial charge in [-0.05, 0) is 54.4 Å². The van der Waals surface area contributed by atoms with Gasteiger partial charge >= 0.3 is 6.03 Å². The van der Waals surface area contributed by atoms with Crippen molar-refractivity contribution in [1.82, 2.24) is 4.90 Å². The summed E-state index contributed by atoms with van der Waals surface area (Å²) in [7, 11) is 1.79. The fraction of sp³-hybridized carbons (Fsp3) is 0.130. The topological polar surface area (TPSA) is 61.4 Å². The first-order valence-electron chi connectivity index (χ1n) is 9.06. The van der Waals surface area contributed by atoms with Crippen LogP contribution in [-0.4, -0.2) is 23.9 Å². The number of carbonyl (C=O) groups is 2. The van der Waals surface area contributed by atoms with Gasteiger partial charge in [-0.1, -0.05) is 42.5 Å². The zero-order chi connectivity index (χ0) is 19.9. The molecule has 2 N–H and O–H groups in total. The zero-order valence-corrected chi connectivity index (χ0v) is 16.0. The Morgan fingerprint density at radius 1 is 0.786 bits per heavy atom. The molecule has 0 aliphatic carbocycles. The van der Waals surface area contributed by atoms with Crippen molar-refractivity contribution in [3.8, 4) is 0 Å². The molecule has 0 saturated heterocycles. The number of carbonyl (C=O) groups excluding carboxylic acids is 2. The van der Waals surface area contributed by atoms with Gasteiger partial charge in [0, 0.05) is 30.5 Å². The molecule has 0 bridgehead atoms. The largest absolute Gasteiger partial charge is 0.337 e. The molecular formula is C23H23N3O2. The first kappa shape index (κ1) is 19.2. The predicted molar refractivity (Wildman–Crippen MR) is 113 cm³/mol. The standard InChI is InChI=1S/C23H23N3O2/c1-17-8-6-7-9-19(17)16-26(2)22(27)18-12-14-21(15-13-18)25-23(28)24-20-10-4-3-5-11-20/h3-15H,16H2,1-2H3,(H2,24,25,28). The van der Waals surface area contributed by atoms with Gasteiger partial charge in [0.1, 0.15) is 0 Å². The lowest BCUT2D eigenvalue weighted by molar-refractivity contribution is 0.0785. The molecule has 0 radical (unpaired) electrons. The van der Waals surface area contributed by atoms with Crippen molar-refractivity contribution < 1.29 is 9.59 Å². The molecule has 5 nitrogen and oxygen atoms in total. The molecule has 0 fully saturated rings. The third-order valence-electron chi connectivity index (χ3n) is 4.44. The minimum absolute atomic E-state index is 0.0662. The van der Waals surface area contributed by atoms with E-state index in [9.17, 15) is 9.59 Å². The van der Waals surface area contributed by atoms with E-state index < -0.39 is 0 Å². The maximum absolute atomic E-state index is 12.7. The Bertz CT molecular complexity index is 953. The van der Waals surface area contributed by atoms with Crippen molar-refractivity contribution in [3.05, 3.63) is 95.6 Å². The summed E-state index contributed by atoms with van der Waals surface area (Å²) in [6.45, 7) is 2.58. The minimum atomic E-state index is -0.332. The highest BCUT2D eigenvalue weighted by Gasteiger charge is 2.13. The van der Waals surface area contributed by atoms with Crippen LogP contribution in [0.25, 0.3) is 0 Å². The Morgan fingerprint density at radius 3 is 2.00 bits per heavy atom. The molecule has 0 aromatic heterocycles. The predicted octanol–water partition coefficient (Wildman–Crippen LogP) is 4.91. The third-order valence-corrected chi connectivity index (χ3v) is 4.44. The van der Waals surface area contributed by atoms with Gasteiger partial charge in [-0.25, -0.2) is 4.79 Å². The molecule has 0 aliphatic rings. The van der Waals surface area contributed by atoms with Crippen molar-refractivity contribution >= 4 is 23.3 Å². The summed E-state index contributed by atoms with van der Waals surface area (Å²) < 4.78 is 0. The van der Waals surface area contributed by atoms with Crippen LogP contribution >= 0.6 is 0 Å². The fourth-order valence-electron chi connectivity index (χ4n) is 2.85. The lowest BCUT2D eigenvalue weighted by atomic mass is 10.1. The highest BCUT2D eigenvalue weighted by molar-refractivity contribution is 6.00. The van der Waals surface area contributed by atoms with Crippen molar-refractivity contribution in [3.63, 3.8) is 0 Å². The fourth-order valence-corrected chi connectivity index (χ4v) is 2.85. The molecule has 142 valence electrons. The summed E-state index contributed by atoms with van der Waals surface area (Å²) >= 11 is 0. The SMILES string of the molecule is Cc1ccccc1CN(C)C(=O)c1ccc(NC(=O)Nc2ccccc2)cc1. The molecular weight excluding hydrogens is 350 g/mol. The average Bonchev–Trinajstić information content (AvgIpc) is 2.70. The van der Waals surface area contributed by atoms with Gasteiger partial charge in [-0.15, -0.1) is 0 Å². The van der Waals surface area contributed by atoms with E-state index in [0.717, 1.165) is 11.1 Å². The number of benzene rings is 3. The normalized spacial score (nSPS) is 10.2. The number of para-hydroxylation sites is 1. The molecule has 0 saturated carbocycles. The molecule has 0 unspecified atom stereocenters. The van der Waals surface area contributed by atoms with E-state index in [1.165, 1.54) is 0 Å². The summed E-state index contributed by atoms with van der Waals surface area (Å²) in [5.74, 6) is -0.0662. The molecule has 28 heavy (non-hydrogen) atoms. The van der Waals surface area contributed by atoms with Gasteiger partial charge in [0.05, 0.1) is 0 Å². The second-order valence-electron chi connectivity index (χ2n) is 6.61. The number of hydrogen-bond acceptors (Lipinski definition) is 2. The Kier molecular flexibility index (Phi) is 6.07. The van der Waals surface area contributed by atoms with Crippen LogP contribution in [0.3, 0.4) is 0 Å². The number of nitrogens with one attached hydrogen (secondary N) is 2. The number of aryl methyl sites for hydroxylation is 1. The summed E-state index contributed by atoms with van der Waals surface area (Å²) in [5, 5.41) is 5.51. The quantitative estimate of drug-likeness (QED) is 0.667. The van der Waals surface area contributed by atoms with Crippen LogP contribution in [0.2, 0.25) is 0 Å². The monoisotopic (exact) mass is 373 g/mol.